The van der Waals surface area contributed by atoms with Crippen LogP contribution in [-0.4, -0.2) is 180 Å². The summed E-state index contributed by atoms with van der Waals surface area (Å²) in [6.07, 6.45) is 13.7. The second-order valence-corrected chi connectivity index (χ2v) is 19.9. The first-order valence-corrected chi connectivity index (χ1v) is 24.2. The van der Waals surface area contributed by atoms with Crippen LogP contribution in [0.3, 0.4) is 0 Å². The Morgan fingerprint density at radius 2 is 1.03 bits per heavy atom. The van der Waals surface area contributed by atoms with Crippen LogP contribution in [0.4, 0.5) is 4.39 Å². The molecule has 1 aromatic rings. The molecule has 61 heavy (non-hydrogen) atoms. The minimum Gasteiger partial charge on any atom is -0.396 e. The molecule has 6 rings (SSSR count). The molecule has 0 spiro atoms. The lowest BCUT2D eigenvalue weighted by atomic mass is 9.85. The highest BCUT2D eigenvalue weighted by Crippen LogP contribution is 2.32. The number of rotatable bonds is 11. The number of halogens is 1. The van der Waals surface area contributed by atoms with Crippen molar-refractivity contribution in [1.82, 2.24) is 24.5 Å². The SMILES string of the molecule is CC1CC(CCO)CCN1C.CC1CN(C)CCC1CCO.CN1CCC(O)(c2ccc(F)cc2)CC1.COCCC1CCN(C)C(C)C1.COCCC1CCN(C)CC1C. The van der Waals surface area contributed by atoms with E-state index in [-0.39, 0.29) is 5.82 Å². The molecule has 0 aliphatic carbocycles. The second kappa shape index (κ2) is 30.8. The fourth-order valence-electron chi connectivity index (χ4n) is 9.90. The zero-order valence-electron chi connectivity index (χ0n) is 41.2. The lowest BCUT2D eigenvalue weighted by Crippen LogP contribution is -2.40. The van der Waals surface area contributed by atoms with Crippen molar-refractivity contribution in [2.75, 3.05) is 128 Å². The van der Waals surface area contributed by atoms with Crippen molar-refractivity contribution >= 4 is 0 Å². The molecule has 3 N–H and O–H groups in total. The van der Waals surface area contributed by atoms with Crippen LogP contribution in [0.2, 0.25) is 0 Å². The maximum absolute atomic E-state index is 12.8. The smallest absolute Gasteiger partial charge is 0.123 e. The highest BCUT2D eigenvalue weighted by atomic mass is 19.1. The van der Waals surface area contributed by atoms with Gasteiger partial charge < -0.3 is 49.3 Å². The summed E-state index contributed by atoms with van der Waals surface area (Å²) in [6.45, 7) is 21.0. The fraction of sp³-hybridized carbons (Fsp3) is 0.880. The third kappa shape index (κ3) is 22.0. The largest absolute Gasteiger partial charge is 0.396 e. The first-order chi connectivity index (χ1) is 29.0. The number of aliphatic hydroxyl groups excluding tert-OH is 2. The molecule has 0 radical (unpaired) electrons. The monoisotopic (exact) mass is 866 g/mol. The maximum atomic E-state index is 12.8. The summed E-state index contributed by atoms with van der Waals surface area (Å²) in [4.78, 5) is 11.8. The predicted molar refractivity (Wildman–Crippen MR) is 253 cm³/mol. The summed E-state index contributed by atoms with van der Waals surface area (Å²) >= 11 is 0. The van der Waals surface area contributed by atoms with E-state index >= 15 is 0 Å². The Balaban J connectivity index is 0.000000264. The van der Waals surface area contributed by atoms with Crippen LogP contribution in [0.5, 0.6) is 0 Å². The number of hydrogen-bond donors (Lipinski definition) is 3. The minimum atomic E-state index is -0.764. The molecule has 5 aliphatic heterocycles. The van der Waals surface area contributed by atoms with Gasteiger partial charge in [-0.1, -0.05) is 26.0 Å². The van der Waals surface area contributed by atoms with Crippen molar-refractivity contribution in [2.24, 2.45) is 35.5 Å². The lowest BCUT2D eigenvalue weighted by Gasteiger charge is -2.36. The molecule has 8 atom stereocenters. The van der Waals surface area contributed by atoms with Crippen molar-refractivity contribution in [3.63, 3.8) is 0 Å². The molecule has 0 amide bonds. The van der Waals surface area contributed by atoms with Crippen LogP contribution in [0.15, 0.2) is 24.3 Å². The maximum Gasteiger partial charge on any atom is 0.123 e. The number of hydrogen-bond acceptors (Lipinski definition) is 10. The van der Waals surface area contributed by atoms with E-state index < -0.39 is 5.60 Å². The molecule has 5 heterocycles. The molecular formula is C50H96FN5O5. The van der Waals surface area contributed by atoms with Crippen LogP contribution in [0, 0.1) is 41.3 Å². The number of ether oxygens (including phenoxy) is 2. The van der Waals surface area contributed by atoms with Crippen LogP contribution in [-0.2, 0) is 15.1 Å². The predicted octanol–water partition coefficient (Wildman–Crippen LogP) is 7.16. The standard InChI is InChI=1S/C12H16FNO.2C10H21NO.2C9H19NO/c1-14-8-6-12(15,7-9-14)10-2-4-11(13)5-3-10;1-9-8-11(2)6-4-10(9)5-7-12-3;1-9-8-10(5-7-12-3)4-6-11(9)2;1-8-7-10(2)5-3-9(8)4-6-11;1-8-7-9(4-6-11)3-5-10(8)2/h2-5,15H,6-9H2,1H3;2*9-10H,4-8H2,1-3H3;2*8-9,11H,3-7H2,1-2H3. The number of piperidine rings is 5. The van der Waals surface area contributed by atoms with Gasteiger partial charge in [0.2, 0.25) is 0 Å². The first kappa shape index (κ1) is 55.9. The third-order valence-electron chi connectivity index (χ3n) is 14.9. The van der Waals surface area contributed by atoms with Crippen molar-refractivity contribution < 1.29 is 29.2 Å². The zero-order valence-corrected chi connectivity index (χ0v) is 41.2. The van der Waals surface area contributed by atoms with Crippen molar-refractivity contribution in [2.45, 2.75) is 122 Å². The van der Waals surface area contributed by atoms with Gasteiger partial charge in [-0.05, 0) is 206 Å². The van der Waals surface area contributed by atoms with Gasteiger partial charge in [-0.15, -0.1) is 0 Å². The van der Waals surface area contributed by atoms with Gasteiger partial charge in [0.05, 0.1) is 5.60 Å². The quantitative estimate of drug-likeness (QED) is 0.213. The molecule has 358 valence electrons. The molecule has 5 aliphatic rings. The van der Waals surface area contributed by atoms with Crippen molar-refractivity contribution in [3.05, 3.63) is 35.6 Å². The van der Waals surface area contributed by atoms with E-state index in [0.29, 0.717) is 19.3 Å². The molecule has 5 fully saturated rings. The Hall–Kier alpha value is -1.25. The number of methoxy groups -OCH3 is 2. The third-order valence-corrected chi connectivity index (χ3v) is 14.9. The fourth-order valence-corrected chi connectivity index (χ4v) is 9.90. The number of nitrogens with zero attached hydrogens (tertiary/aromatic N) is 5. The highest BCUT2D eigenvalue weighted by molar-refractivity contribution is 5.23. The molecule has 10 nitrogen and oxygen atoms in total. The first-order valence-electron chi connectivity index (χ1n) is 24.2. The van der Waals surface area contributed by atoms with E-state index in [9.17, 15) is 9.50 Å². The van der Waals surface area contributed by atoms with E-state index in [0.717, 1.165) is 99.1 Å². The Labute approximate surface area is 374 Å². The Morgan fingerprint density at radius 1 is 0.590 bits per heavy atom. The second-order valence-electron chi connectivity index (χ2n) is 19.9. The molecule has 8 unspecified atom stereocenters. The Bertz CT molecular complexity index is 1220. The summed E-state index contributed by atoms with van der Waals surface area (Å²) in [7, 11) is 14.4. The molecule has 11 heteroatoms. The summed E-state index contributed by atoms with van der Waals surface area (Å²) in [5.74, 6) is 4.68. The average Bonchev–Trinajstić information content (AvgIpc) is 3.23. The van der Waals surface area contributed by atoms with Gasteiger partial charge in [-0.25, -0.2) is 4.39 Å². The zero-order chi connectivity index (χ0) is 45.4. The van der Waals surface area contributed by atoms with Crippen molar-refractivity contribution in [1.29, 1.82) is 0 Å². The van der Waals surface area contributed by atoms with E-state index in [4.69, 9.17) is 19.7 Å². The van der Waals surface area contributed by atoms with E-state index in [1.165, 1.54) is 103 Å². The normalized spacial score (nSPS) is 30.3. The average molecular weight is 866 g/mol. The van der Waals surface area contributed by atoms with E-state index in [2.05, 4.69) is 80.4 Å². The Morgan fingerprint density at radius 3 is 1.46 bits per heavy atom. The van der Waals surface area contributed by atoms with Gasteiger partial charge in [-0.3, -0.25) is 0 Å². The van der Waals surface area contributed by atoms with Crippen LogP contribution < -0.4 is 0 Å². The van der Waals surface area contributed by atoms with Gasteiger partial charge in [0.15, 0.2) is 0 Å². The van der Waals surface area contributed by atoms with Crippen molar-refractivity contribution in [3.8, 4) is 0 Å². The lowest BCUT2D eigenvalue weighted by molar-refractivity contribution is -0.0203. The van der Waals surface area contributed by atoms with Gasteiger partial charge in [-0.2, -0.15) is 0 Å². The van der Waals surface area contributed by atoms with Crippen LogP contribution >= 0.6 is 0 Å². The molecule has 0 saturated carbocycles. The highest BCUT2D eigenvalue weighted by Gasteiger charge is 2.33. The molecule has 0 aromatic heterocycles. The summed E-state index contributed by atoms with van der Waals surface area (Å²) in [5.41, 5.74) is 0.0669. The molecule has 0 bridgehead atoms. The summed E-state index contributed by atoms with van der Waals surface area (Å²) in [5, 5.41) is 27.9. The van der Waals surface area contributed by atoms with Gasteiger partial charge in [0.1, 0.15) is 5.82 Å². The Kier molecular flexibility index (Phi) is 28.2. The number of aliphatic hydroxyl groups is 3. The van der Waals surface area contributed by atoms with Gasteiger partial charge >= 0.3 is 0 Å². The molecular weight excluding hydrogens is 770 g/mol. The van der Waals surface area contributed by atoms with Crippen LogP contribution in [0.1, 0.15) is 110 Å². The van der Waals surface area contributed by atoms with Crippen LogP contribution in [0.25, 0.3) is 0 Å². The molecule has 5 saturated heterocycles. The van der Waals surface area contributed by atoms with Gasteiger partial charge in [0, 0.05) is 78.9 Å². The van der Waals surface area contributed by atoms with E-state index in [1.54, 1.807) is 26.4 Å². The molecule has 1 aromatic carbocycles. The number of benzene rings is 1. The van der Waals surface area contributed by atoms with E-state index in [1.807, 2.05) is 7.05 Å². The summed E-state index contributed by atoms with van der Waals surface area (Å²) in [6, 6.07) is 7.65. The topological polar surface area (TPSA) is 95.3 Å². The number of likely N-dealkylation sites (tertiary alicyclic amines) is 5. The van der Waals surface area contributed by atoms with Gasteiger partial charge in [0.25, 0.3) is 0 Å². The summed E-state index contributed by atoms with van der Waals surface area (Å²) < 4.78 is 22.9. The minimum absolute atomic E-state index is 0.254.